The highest BCUT2D eigenvalue weighted by atomic mass is 32.2. The van der Waals surface area contributed by atoms with E-state index in [1.165, 1.54) is 31.4 Å². The molecule has 0 atom stereocenters. The quantitative estimate of drug-likeness (QED) is 0.617. The Hall–Kier alpha value is -2.38. The Balaban J connectivity index is 1.90. The molecule has 2 aromatic rings. The van der Waals surface area contributed by atoms with Crippen molar-refractivity contribution in [3.05, 3.63) is 60.2 Å². The van der Waals surface area contributed by atoms with Crippen molar-refractivity contribution in [3.63, 3.8) is 0 Å². The van der Waals surface area contributed by atoms with Gasteiger partial charge in [-0.25, -0.2) is 17.9 Å². The molecule has 0 saturated carbocycles. The van der Waals surface area contributed by atoms with E-state index in [9.17, 15) is 13.2 Å². The number of methoxy groups -OCH3 is 1. The fourth-order valence-electron chi connectivity index (χ4n) is 1.83. The van der Waals surface area contributed by atoms with Crippen molar-refractivity contribution in [3.8, 4) is 5.75 Å². The number of carbonyl (C=O) groups is 1. The van der Waals surface area contributed by atoms with Crippen molar-refractivity contribution in [2.24, 2.45) is 0 Å². The Morgan fingerprint density at radius 1 is 1.04 bits per heavy atom. The molecular formula is C16H17NO5S. The minimum atomic E-state index is -3.65. The van der Waals surface area contributed by atoms with Gasteiger partial charge in [0.2, 0.25) is 10.0 Å². The van der Waals surface area contributed by atoms with Gasteiger partial charge in [-0.15, -0.1) is 0 Å². The molecule has 0 amide bonds. The van der Waals surface area contributed by atoms with Crippen LogP contribution in [0.15, 0.2) is 59.5 Å². The highest BCUT2D eigenvalue weighted by Gasteiger charge is 2.14. The summed E-state index contributed by atoms with van der Waals surface area (Å²) in [6.07, 6.45) is 0. The van der Waals surface area contributed by atoms with E-state index in [1.54, 1.807) is 12.1 Å². The van der Waals surface area contributed by atoms with Crippen LogP contribution in [0.3, 0.4) is 0 Å². The second kappa shape index (κ2) is 7.75. The zero-order chi connectivity index (χ0) is 16.7. The summed E-state index contributed by atoms with van der Waals surface area (Å²) in [5.74, 6) is 0.160. The number of carbonyl (C=O) groups excluding carboxylic acids is 1. The second-order valence-corrected chi connectivity index (χ2v) is 6.34. The topological polar surface area (TPSA) is 81.7 Å². The van der Waals surface area contributed by atoms with Gasteiger partial charge in [0.25, 0.3) is 0 Å². The summed E-state index contributed by atoms with van der Waals surface area (Å²) in [4.78, 5) is 11.4. The predicted molar refractivity (Wildman–Crippen MR) is 84.9 cm³/mol. The molecule has 23 heavy (non-hydrogen) atoms. The lowest BCUT2D eigenvalue weighted by molar-refractivity contribution is 0.0600. The molecule has 0 bridgehead atoms. The van der Waals surface area contributed by atoms with Gasteiger partial charge < -0.3 is 9.47 Å². The molecule has 0 radical (unpaired) electrons. The van der Waals surface area contributed by atoms with Crippen molar-refractivity contribution in [1.29, 1.82) is 0 Å². The first-order valence-corrected chi connectivity index (χ1v) is 8.37. The molecule has 0 aromatic heterocycles. The molecule has 2 rings (SSSR count). The van der Waals surface area contributed by atoms with Crippen LogP contribution in [0.1, 0.15) is 10.4 Å². The molecule has 7 heteroatoms. The van der Waals surface area contributed by atoms with Crippen molar-refractivity contribution >= 4 is 16.0 Å². The molecule has 0 spiro atoms. The van der Waals surface area contributed by atoms with Crippen LogP contribution in [0, 0.1) is 0 Å². The van der Waals surface area contributed by atoms with Crippen LogP contribution in [0.2, 0.25) is 0 Å². The number of benzene rings is 2. The van der Waals surface area contributed by atoms with Crippen LogP contribution < -0.4 is 9.46 Å². The molecule has 6 nitrogen and oxygen atoms in total. The standard InChI is InChI=1S/C16H17NO5S/c1-21-16(18)13-7-9-15(10-8-13)23(19,20)17-11-12-22-14-5-3-2-4-6-14/h2-10,17H,11-12H2,1H3. The Morgan fingerprint density at radius 2 is 1.70 bits per heavy atom. The average Bonchev–Trinajstić information content (AvgIpc) is 2.59. The molecule has 1 N–H and O–H groups in total. The van der Waals surface area contributed by atoms with Crippen LogP contribution in [0.4, 0.5) is 0 Å². The molecular weight excluding hydrogens is 318 g/mol. The van der Waals surface area contributed by atoms with Gasteiger partial charge in [-0.1, -0.05) is 18.2 Å². The molecule has 0 heterocycles. The van der Waals surface area contributed by atoms with Crippen molar-refractivity contribution in [2.45, 2.75) is 4.90 Å². The summed E-state index contributed by atoms with van der Waals surface area (Å²) in [7, 11) is -2.38. The summed E-state index contributed by atoms with van der Waals surface area (Å²) in [6.45, 7) is 0.347. The first-order valence-electron chi connectivity index (χ1n) is 6.89. The van der Waals surface area contributed by atoms with Gasteiger partial charge in [0.15, 0.2) is 0 Å². The van der Waals surface area contributed by atoms with E-state index < -0.39 is 16.0 Å². The maximum Gasteiger partial charge on any atom is 0.337 e. The molecule has 0 aliphatic heterocycles. The van der Waals surface area contributed by atoms with Gasteiger partial charge in [-0.3, -0.25) is 0 Å². The van der Waals surface area contributed by atoms with Gasteiger partial charge in [0.05, 0.1) is 17.6 Å². The Bertz CT molecular complexity index is 742. The van der Waals surface area contributed by atoms with E-state index in [4.69, 9.17) is 4.74 Å². The highest BCUT2D eigenvalue weighted by Crippen LogP contribution is 2.11. The lowest BCUT2D eigenvalue weighted by atomic mass is 10.2. The zero-order valence-electron chi connectivity index (χ0n) is 12.6. The van der Waals surface area contributed by atoms with Gasteiger partial charge in [-0.2, -0.15) is 0 Å². The van der Waals surface area contributed by atoms with Gasteiger partial charge in [-0.05, 0) is 36.4 Å². The number of esters is 1. The largest absolute Gasteiger partial charge is 0.492 e. The number of rotatable bonds is 7. The lowest BCUT2D eigenvalue weighted by Gasteiger charge is -2.09. The number of nitrogens with one attached hydrogen (secondary N) is 1. The van der Waals surface area contributed by atoms with Crippen LogP contribution >= 0.6 is 0 Å². The molecule has 0 saturated heterocycles. The van der Waals surface area contributed by atoms with E-state index in [2.05, 4.69) is 9.46 Å². The minimum absolute atomic E-state index is 0.0739. The summed E-state index contributed by atoms with van der Waals surface area (Å²) in [6, 6.07) is 14.6. The molecule has 122 valence electrons. The normalized spacial score (nSPS) is 11.0. The minimum Gasteiger partial charge on any atom is -0.492 e. The third kappa shape index (κ3) is 4.80. The summed E-state index contributed by atoms with van der Waals surface area (Å²) < 4.78 is 36.6. The van der Waals surface area contributed by atoms with E-state index in [-0.39, 0.29) is 18.0 Å². The summed E-state index contributed by atoms with van der Waals surface area (Å²) >= 11 is 0. The first kappa shape index (κ1) is 17.0. The predicted octanol–water partition coefficient (Wildman–Crippen LogP) is 1.83. The number of ether oxygens (including phenoxy) is 2. The number of hydrogen-bond acceptors (Lipinski definition) is 5. The highest BCUT2D eigenvalue weighted by molar-refractivity contribution is 7.89. The van der Waals surface area contributed by atoms with Gasteiger partial charge >= 0.3 is 5.97 Å². The van der Waals surface area contributed by atoms with E-state index >= 15 is 0 Å². The Kier molecular flexibility index (Phi) is 5.72. The van der Waals surface area contributed by atoms with E-state index in [0.29, 0.717) is 11.3 Å². The average molecular weight is 335 g/mol. The SMILES string of the molecule is COC(=O)c1ccc(S(=O)(=O)NCCOc2ccccc2)cc1. The number of sulfonamides is 1. The van der Waals surface area contributed by atoms with Crippen LogP contribution in [0.25, 0.3) is 0 Å². The zero-order valence-corrected chi connectivity index (χ0v) is 13.4. The van der Waals surface area contributed by atoms with Crippen LogP contribution in [-0.2, 0) is 14.8 Å². The van der Waals surface area contributed by atoms with Crippen molar-refractivity contribution in [1.82, 2.24) is 4.72 Å². The fourth-order valence-corrected chi connectivity index (χ4v) is 2.85. The maximum absolute atomic E-state index is 12.1. The molecule has 0 fully saturated rings. The number of para-hydroxylation sites is 1. The smallest absolute Gasteiger partial charge is 0.337 e. The van der Waals surface area contributed by atoms with Crippen LogP contribution in [0.5, 0.6) is 5.75 Å². The Labute approximate surface area is 135 Å². The fraction of sp³-hybridized carbons (Fsp3) is 0.188. The lowest BCUT2D eigenvalue weighted by Crippen LogP contribution is -2.28. The van der Waals surface area contributed by atoms with E-state index in [1.807, 2.05) is 18.2 Å². The van der Waals surface area contributed by atoms with Crippen molar-refractivity contribution < 1.29 is 22.7 Å². The van der Waals surface area contributed by atoms with Gasteiger partial charge in [0, 0.05) is 6.54 Å². The Morgan fingerprint density at radius 3 is 2.30 bits per heavy atom. The third-order valence-corrected chi connectivity index (χ3v) is 4.47. The maximum atomic E-state index is 12.1. The van der Waals surface area contributed by atoms with Gasteiger partial charge in [0.1, 0.15) is 12.4 Å². The first-order chi connectivity index (χ1) is 11.0. The molecule has 0 aliphatic carbocycles. The number of hydrogen-bond donors (Lipinski definition) is 1. The molecule has 0 unspecified atom stereocenters. The van der Waals surface area contributed by atoms with E-state index in [0.717, 1.165) is 0 Å². The molecule has 2 aromatic carbocycles. The molecule has 0 aliphatic rings. The summed E-state index contributed by atoms with van der Waals surface area (Å²) in [5.41, 5.74) is 0.291. The summed E-state index contributed by atoms with van der Waals surface area (Å²) in [5, 5.41) is 0. The second-order valence-electron chi connectivity index (χ2n) is 4.58. The van der Waals surface area contributed by atoms with Crippen LogP contribution in [-0.4, -0.2) is 34.6 Å². The monoisotopic (exact) mass is 335 g/mol. The third-order valence-electron chi connectivity index (χ3n) is 2.99. The van der Waals surface area contributed by atoms with Crippen molar-refractivity contribution in [2.75, 3.05) is 20.3 Å².